The van der Waals surface area contributed by atoms with Crippen LogP contribution in [0.4, 0.5) is 4.39 Å². The lowest BCUT2D eigenvalue weighted by atomic mass is 10.2. The summed E-state index contributed by atoms with van der Waals surface area (Å²) < 4.78 is 12.2. The van der Waals surface area contributed by atoms with Crippen molar-refractivity contribution in [3.8, 4) is 0 Å². The van der Waals surface area contributed by atoms with Gasteiger partial charge in [0.05, 0.1) is 0 Å². The van der Waals surface area contributed by atoms with Crippen molar-refractivity contribution in [1.29, 1.82) is 0 Å². The highest BCUT2D eigenvalue weighted by molar-refractivity contribution is 6.29. The van der Waals surface area contributed by atoms with E-state index in [1.54, 1.807) is 6.08 Å². The smallest absolute Gasteiger partial charge is 0.138 e. The fourth-order valence-corrected chi connectivity index (χ4v) is 0.816. The summed E-state index contributed by atoms with van der Waals surface area (Å²) in [5.41, 5.74) is 0. The Morgan fingerprint density at radius 3 is 2.88 bits per heavy atom. The SMILES string of the molecule is FC1C=CCC(Cl)=C1. The van der Waals surface area contributed by atoms with Gasteiger partial charge in [-0.25, -0.2) is 4.39 Å². The van der Waals surface area contributed by atoms with E-state index in [0.717, 1.165) is 0 Å². The van der Waals surface area contributed by atoms with Gasteiger partial charge in [0, 0.05) is 11.5 Å². The molecule has 0 aromatic rings. The number of hydrogen-bond donors (Lipinski definition) is 0. The van der Waals surface area contributed by atoms with Crippen LogP contribution in [0, 0.1) is 0 Å². The first kappa shape index (κ1) is 5.83. The zero-order valence-electron chi connectivity index (χ0n) is 4.27. The van der Waals surface area contributed by atoms with Gasteiger partial charge in [-0.05, 0) is 6.08 Å². The van der Waals surface area contributed by atoms with Crippen molar-refractivity contribution in [2.24, 2.45) is 0 Å². The maximum Gasteiger partial charge on any atom is 0.138 e. The van der Waals surface area contributed by atoms with Crippen molar-refractivity contribution in [3.05, 3.63) is 23.3 Å². The van der Waals surface area contributed by atoms with Crippen LogP contribution in [0.1, 0.15) is 6.42 Å². The highest BCUT2D eigenvalue weighted by Crippen LogP contribution is 2.16. The van der Waals surface area contributed by atoms with Crippen LogP contribution >= 0.6 is 11.6 Å². The average Bonchev–Trinajstić information content (AvgIpc) is 1.64. The molecule has 1 aliphatic carbocycles. The standard InChI is InChI=1S/C6H6ClF/c7-5-2-1-3-6(8)4-5/h1,3-4,6H,2H2. The molecule has 0 amide bonds. The monoisotopic (exact) mass is 132 g/mol. The molecule has 2 heteroatoms. The van der Waals surface area contributed by atoms with E-state index >= 15 is 0 Å². The van der Waals surface area contributed by atoms with Gasteiger partial charge in [-0.2, -0.15) is 0 Å². The van der Waals surface area contributed by atoms with Crippen LogP contribution in [0.3, 0.4) is 0 Å². The van der Waals surface area contributed by atoms with Gasteiger partial charge in [0.1, 0.15) is 6.17 Å². The fourth-order valence-electron chi connectivity index (χ4n) is 0.607. The zero-order chi connectivity index (χ0) is 5.98. The third-order valence-electron chi connectivity index (χ3n) is 0.973. The van der Waals surface area contributed by atoms with Crippen molar-refractivity contribution in [2.45, 2.75) is 12.6 Å². The minimum atomic E-state index is -0.962. The van der Waals surface area contributed by atoms with Gasteiger partial charge in [0.15, 0.2) is 0 Å². The second-order valence-electron chi connectivity index (χ2n) is 1.69. The quantitative estimate of drug-likeness (QED) is 0.444. The Morgan fingerprint density at radius 2 is 2.50 bits per heavy atom. The van der Waals surface area contributed by atoms with E-state index in [9.17, 15) is 4.39 Å². The summed E-state index contributed by atoms with van der Waals surface area (Å²) in [7, 11) is 0. The molecular weight excluding hydrogens is 127 g/mol. The summed E-state index contributed by atoms with van der Waals surface area (Å²) in [4.78, 5) is 0. The summed E-state index contributed by atoms with van der Waals surface area (Å²) in [6.45, 7) is 0. The molecule has 0 fully saturated rings. The minimum absolute atomic E-state index is 0.597. The lowest BCUT2D eigenvalue weighted by Crippen LogP contribution is -1.93. The van der Waals surface area contributed by atoms with E-state index in [-0.39, 0.29) is 0 Å². The van der Waals surface area contributed by atoms with E-state index in [1.165, 1.54) is 12.2 Å². The van der Waals surface area contributed by atoms with E-state index < -0.39 is 6.17 Å². The lowest BCUT2D eigenvalue weighted by molar-refractivity contribution is 0.464. The van der Waals surface area contributed by atoms with Crippen molar-refractivity contribution in [2.75, 3.05) is 0 Å². The topological polar surface area (TPSA) is 0 Å². The van der Waals surface area contributed by atoms with Crippen LogP contribution in [-0.2, 0) is 0 Å². The molecule has 44 valence electrons. The minimum Gasteiger partial charge on any atom is -0.238 e. The van der Waals surface area contributed by atoms with Gasteiger partial charge in [0.25, 0.3) is 0 Å². The predicted octanol–water partition coefficient (Wildman–Crippen LogP) is 2.41. The molecule has 1 rings (SSSR count). The first-order valence-corrected chi connectivity index (χ1v) is 2.84. The van der Waals surface area contributed by atoms with E-state index in [4.69, 9.17) is 11.6 Å². The summed E-state index contributed by atoms with van der Waals surface area (Å²) >= 11 is 5.48. The average molecular weight is 133 g/mol. The second kappa shape index (κ2) is 2.31. The maximum absolute atomic E-state index is 12.2. The summed E-state index contributed by atoms with van der Waals surface area (Å²) in [5, 5.41) is 0.597. The molecule has 0 bridgehead atoms. The van der Waals surface area contributed by atoms with Gasteiger partial charge >= 0.3 is 0 Å². The first-order valence-electron chi connectivity index (χ1n) is 2.46. The number of allylic oxidation sites excluding steroid dienone is 4. The van der Waals surface area contributed by atoms with Gasteiger partial charge in [-0.3, -0.25) is 0 Å². The number of rotatable bonds is 0. The number of hydrogen-bond acceptors (Lipinski definition) is 0. The maximum atomic E-state index is 12.2. The largest absolute Gasteiger partial charge is 0.238 e. The van der Waals surface area contributed by atoms with Gasteiger partial charge in [0.2, 0.25) is 0 Å². The Morgan fingerprint density at radius 1 is 1.75 bits per heavy atom. The molecule has 1 atom stereocenters. The fraction of sp³-hybridized carbons (Fsp3) is 0.333. The molecular formula is C6H6ClF. The summed E-state index contributed by atoms with van der Waals surface area (Å²) in [6.07, 6.45) is 4.35. The van der Waals surface area contributed by atoms with Crippen molar-refractivity contribution in [3.63, 3.8) is 0 Å². The third kappa shape index (κ3) is 1.34. The molecule has 0 aromatic heterocycles. The number of halogens is 2. The Balaban J connectivity index is 2.60. The Hall–Kier alpha value is -0.300. The van der Waals surface area contributed by atoms with Crippen molar-refractivity contribution < 1.29 is 4.39 Å². The molecule has 0 saturated heterocycles. The van der Waals surface area contributed by atoms with Gasteiger partial charge in [-0.1, -0.05) is 23.8 Å². The molecule has 0 aliphatic heterocycles. The Labute approximate surface area is 52.6 Å². The van der Waals surface area contributed by atoms with Crippen LogP contribution in [0.2, 0.25) is 0 Å². The van der Waals surface area contributed by atoms with E-state index in [1.807, 2.05) is 0 Å². The van der Waals surface area contributed by atoms with Gasteiger partial charge in [-0.15, -0.1) is 0 Å². The molecule has 0 heterocycles. The van der Waals surface area contributed by atoms with E-state index in [0.29, 0.717) is 11.5 Å². The third-order valence-corrected chi connectivity index (χ3v) is 1.25. The Kier molecular flexibility index (Phi) is 1.69. The number of alkyl halides is 1. The van der Waals surface area contributed by atoms with Crippen LogP contribution in [0.5, 0.6) is 0 Å². The highest BCUT2D eigenvalue weighted by atomic mass is 35.5. The normalized spacial score (nSPS) is 27.8. The molecule has 0 spiro atoms. The van der Waals surface area contributed by atoms with Crippen LogP contribution in [0.15, 0.2) is 23.3 Å². The molecule has 0 nitrogen and oxygen atoms in total. The van der Waals surface area contributed by atoms with Crippen LogP contribution < -0.4 is 0 Å². The van der Waals surface area contributed by atoms with Gasteiger partial charge < -0.3 is 0 Å². The summed E-state index contributed by atoms with van der Waals surface area (Å²) in [6, 6.07) is 0. The second-order valence-corrected chi connectivity index (χ2v) is 2.18. The van der Waals surface area contributed by atoms with Crippen LogP contribution in [0.25, 0.3) is 0 Å². The molecule has 0 radical (unpaired) electrons. The lowest BCUT2D eigenvalue weighted by Gasteiger charge is -2.01. The zero-order valence-corrected chi connectivity index (χ0v) is 5.03. The van der Waals surface area contributed by atoms with E-state index in [2.05, 4.69) is 0 Å². The molecule has 1 aliphatic rings. The Bertz CT molecular complexity index is 137. The molecule has 0 saturated carbocycles. The highest BCUT2D eigenvalue weighted by Gasteiger charge is 2.02. The molecule has 1 unspecified atom stereocenters. The van der Waals surface area contributed by atoms with Crippen molar-refractivity contribution in [1.82, 2.24) is 0 Å². The molecule has 0 aromatic carbocycles. The van der Waals surface area contributed by atoms with Crippen LogP contribution in [-0.4, -0.2) is 6.17 Å². The molecule has 0 N–H and O–H groups in total. The first-order chi connectivity index (χ1) is 3.79. The molecule has 8 heavy (non-hydrogen) atoms. The summed E-state index contributed by atoms with van der Waals surface area (Å²) in [5.74, 6) is 0. The predicted molar refractivity (Wildman–Crippen MR) is 32.6 cm³/mol. The van der Waals surface area contributed by atoms with Crippen molar-refractivity contribution >= 4 is 11.6 Å².